The molecule has 4 aromatic carbocycles. The van der Waals surface area contributed by atoms with Crippen LogP contribution >= 0.6 is 0 Å². The first-order valence-corrected chi connectivity index (χ1v) is 14.9. The van der Waals surface area contributed by atoms with E-state index in [1.807, 2.05) is 0 Å². The van der Waals surface area contributed by atoms with E-state index in [2.05, 4.69) is 0 Å². The van der Waals surface area contributed by atoms with Gasteiger partial charge in [0.05, 0.1) is 28.9 Å². The van der Waals surface area contributed by atoms with E-state index < -0.39 is 61.2 Å². The lowest BCUT2D eigenvalue weighted by Gasteiger charge is -2.44. The van der Waals surface area contributed by atoms with Gasteiger partial charge in [-0.05, 0) is 48.5 Å². The van der Waals surface area contributed by atoms with Gasteiger partial charge in [0, 0.05) is 6.54 Å². The first kappa shape index (κ1) is 33.0. The van der Waals surface area contributed by atoms with Crippen LogP contribution in [0.1, 0.15) is 41.4 Å². The van der Waals surface area contributed by atoms with Crippen molar-refractivity contribution in [2.45, 2.75) is 30.7 Å². The molecule has 242 valence electrons. The summed E-state index contributed by atoms with van der Waals surface area (Å²) in [5.41, 5.74) is 6.58. The van der Waals surface area contributed by atoms with E-state index in [4.69, 9.17) is 34.2 Å². The van der Waals surface area contributed by atoms with Gasteiger partial charge in [0.2, 0.25) is 0 Å². The Morgan fingerprint density at radius 2 is 0.915 bits per heavy atom. The number of nitrogens with two attached hydrogens (primary N) is 1. The highest BCUT2D eigenvalue weighted by Crippen LogP contribution is 2.31. The number of hydrogen-bond donors (Lipinski definition) is 1. The fourth-order valence-electron chi connectivity index (χ4n) is 4.85. The zero-order valence-corrected chi connectivity index (χ0v) is 25.2. The van der Waals surface area contributed by atoms with Crippen LogP contribution in [-0.4, -0.2) is 74.3 Å². The average molecular weight is 640 g/mol. The van der Waals surface area contributed by atoms with Crippen molar-refractivity contribution in [3.05, 3.63) is 144 Å². The summed E-state index contributed by atoms with van der Waals surface area (Å²) in [6.45, 7) is -0.399. The van der Waals surface area contributed by atoms with Crippen LogP contribution in [0.4, 0.5) is 0 Å². The Balaban J connectivity index is 1.53. The van der Waals surface area contributed by atoms with Crippen molar-refractivity contribution in [3.63, 3.8) is 0 Å². The quantitative estimate of drug-likeness (QED) is 0.175. The Morgan fingerprint density at radius 1 is 0.532 bits per heavy atom. The van der Waals surface area contributed by atoms with Gasteiger partial charge in [-0.2, -0.15) is 0 Å². The van der Waals surface area contributed by atoms with E-state index in [-0.39, 0.29) is 35.4 Å². The summed E-state index contributed by atoms with van der Waals surface area (Å²) >= 11 is 0. The number of carbonyl (C=O) groups excluding carboxylic acids is 4. The van der Waals surface area contributed by atoms with E-state index in [1.165, 1.54) is 0 Å². The molecule has 0 bridgehead atoms. The third-order valence-corrected chi connectivity index (χ3v) is 7.14. The highest BCUT2D eigenvalue weighted by molar-refractivity contribution is 5.91. The maximum Gasteiger partial charge on any atom is 0.338 e. The van der Waals surface area contributed by atoms with Gasteiger partial charge in [-0.15, -0.1) is 0 Å². The molecule has 1 fully saturated rings. The molecule has 47 heavy (non-hydrogen) atoms. The van der Waals surface area contributed by atoms with Crippen LogP contribution in [-0.2, 0) is 28.4 Å². The second-order valence-corrected chi connectivity index (χ2v) is 10.4. The first-order chi connectivity index (χ1) is 22.9. The number of ether oxygens (including phenoxy) is 6. The minimum atomic E-state index is -1.49. The standard InChI is InChI=1S/C36H33NO10/c37-21-22-42-36-31(47-35(41)27-19-11-4-12-20-27)30(46-34(40)26-17-9-3-10-18-26)29(45-33(39)25-15-7-2-8-16-25)28(44-36)23-43-32(38)24-13-5-1-6-14-24/h1-20,28-31,36H,21-23,37H2/t28-,29-,30+,31-,36-/m1/s1. The highest BCUT2D eigenvalue weighted by atomic mass is 16.7. The zero-order chi connectivity index (χ0) is 33.0. The molecule has 11 nitrogen and oxygen atoms in total. The molecule has 11 heteroatoms. The summed E-state index contributed by atoms with van der Waals surface area (Å²) < 4.78 is 35.4. The van der Waals surface area contributed by atoms with Crippen molar-refractivity contribution >= 4 is 23.9 Å². The summed E-state index contributed by atoms with van der Waals surface area (Å²) in [6.07, 6.45) is -6.98. The van der Waals surface area contributed by atoms with Crippen LogP contribution < -0.4 is 5.73 Å². The summed E-state index contributed by atoms with van der Waals surface area (Å²) in [4.78, 5) is 53.2. The van der Waals surface area contributed by atoms with Gasteiger partial charge >= 0.3 is 23.9 Å². The van der Waals surface area contributed by atoms with Crippen molar-refractivity contribution in [2.75, 3.05) is 19.8 Å². The van der Waals surface area contributed by atoms with Crippen LogP contribution in [0, 0.1) is 0 Å². The monoisotopic (exact) mass is 639 g/mol. The zero-order valence-electron chi connectivity index (χ0n) is 25.2. The van der Waals surface area contributed by atoms with Gasteiger partial charge < -0.3 is 34.2 Å². The van der Waals surface area contributed by atoms with Crippen LogP contribution in [0.15, 0.2) is 121 Å². The molecule has 0 aliphatic carbocycles. The number of esters is 4. The summed E-state index contributed by atoms with van der Waals surface area (Å²) in [6, 6.07) is 32.7. The molecule has 0 aromatic heterocycles. The van der Waals surface area contributed by atoms with Crippen molar-refractivity contribution in [3.8, 4) is 0 Å². The van der Waals surface area contributed by atoms with E-state index in [1.54, 1.807) is 121 Å². The minimum Gasteiger partial charge on any atom is -0.459 e. The molecule has 0 radical (unpaired) electrons. The van der Waals surface area contributed by atoms with Gasteiger partial charge in [0.1, 0.15) is 12.7 Å². The van der Waals surface area contributed by atoms with Crippen LogP contribution in [0.5, 0.6) is 0 Å². The molecular formula is C36H33NO10. The van der Waals surface area contributed by atoms with Crippen LogP contribution in [0.25, 0.3) is 0 Å². The highest BCUT2D eigenvalue weighted by Gasteiger charge is 2.53. The maximum absolute atomic E-state index is 13.5. The summed E-state index contributed by atoms with van der Waals surface area (Å²) in [5.74, 6) is -3.02. The lowest BCUT2D eigenvalue weighted by atomic mass is 9.97. The third-order valence-electron chi connectivity index (χ3n) is 7.14. The first-order valence-electron chi connectivity index (χ1n) is 14.9. The normalized spacial score (nSPS) is 20.4. The van der Waals surface area contributed by atoms with Crippen molar-refractivity contribution < 1.29 is 47.6 Å². The lowest BCUT2D eigenvalue weighted by molar-refractivity contribution is -0.297. The molecule has 1 heterocycles. The molecule has 1 aliphatic heterocycles. The molecule has 5 atom stereocenters. The molecule has 0 unspecified atom stereocenters. The molecule has 1 saturated heterocycles. The van der Waals surface area contributed by atoms with Gasteiger partial charge in [-0.25, -0.2) is 19.2 Å². The van der Waals surface area contributed by atoms with Gasteiger partial charge in [0.15, 0.2) is 24.6 Å². The average Bonchev–Trinajstić information content (AvgIpc) is 3.13. The molecule has 5 rings (SSSR count). The lowest BCUT2D eigenvalue weighted by Crippen LogP contribution is -2.63. The van der Waals surface area contributed by atoms with E-state index in [0.29, 0.717) is 0 Å². The number of benzene rings is 4. The Morgan fingerprint density at radius 3 is 1.34 bits per heavy atom. The van der Waals surface area contributed by atoms with Crippen LogP contribution in [0.2, 0.25) is 0 Å². The smallest absolute Gasteiger partial charge is 0.338 e. The van der Waals surface area contributed by atoms with E-state index >= 15 is 0 Å². The van der Waals surface area contributed by atoms with Gasteiger partial charge in [-0.3, -0.25) is 0 Å². The number of carbonyl (C=O) groups is 4. The van der Waals surface area contributed by atoms with Gasteiger partial charge in [-0.1, -0.05) is 72.8 Å². The van der Waals surface area contributed by atoms with Crippen molar-refractivity contribution in [1.29, 1.82) is 0 Å². The van der Waals surface area contributed by atoms with E-state index in [9.17, 15) is 19.2 Å². The summed E-state index contributed by atoms with van der Waals surface area (Å²) in [7, 11) is 0. The van der Waals surface area contributed by atoms with Crippen molar-refractivity contribution in [2.24, 2.45) is 5.73 Å². The predicted octanol–water partition coefficient (Wildman–Crippen LogP) is 4.22. The largest absolute Gasteiger partial charge is 0.459 e. The topological polar surface area (TPSA) is 150 Å². The summed E-state index contributed by atoms with van der Waals surface area (Å²) in [5, 5.41) is 0. The molecule has 1 aliphatic rings. The number of hydrogen-bond acceptors (Lipinski definition) is 11. The number of rotatable bonds is 12. The Hall–Kier alpha value is -5.36. The van der Waals surface area contributed by atoms with Crippen LogP contribution in [0.3, 0.4) is 0 Å². The fraction of sp³-hybridized carbons (Fsp3) is 0.222. The SMILES string of the molecule is NCCO[C@@H]1O[C@H](COC(=O)c2ccccc2)[C@@H](OC(=O)c2ccccc2)[C@H](OC(=O)c2ccccc2)[C@H]1OC(=O)c1ccccc1. The van der Waals surface area contributed by atoms with Crippen molar-refractivity contribution in [1.82, 2.24) is 0 Å². The second kappa shape index (κ2) is 16.3. The predicted molar refractivity (Wildman–Crippen MR) is 167 cm³/mol. The second-order valence-electron chi connectivity index (χ2n) is 10.4. The molecule has 0 amide bonds. The molecule has 4 aromatic rings. The fourth-order valence-corrected chi connectivity index (χ4v) is 4.85. The Kier molecular flexibility index (Phi) is 11.4. The van der Waals surface area contributed by atoms with Gasteiger partial charge in [0.25, 0.3) is 0 Å². The Bertz CT molecular complexity index is 1620. The molecular weight excluding hydrogens is 606 g/mol. The minimum absolute atomic E-state index is 0.0333. The third kappa shape index (κ3) is 8.67. The maximum atomic E-state index is 13.5. The molecule has 2 N–H and O–H groups in total. The molecule has 0 spiro atoms. The Labute approximate surface area is 271 Å². The molecule has 0 saturated carbocycles. The van der Waals surface area contributed by atoms with E-state index in [0.717, 1.165) is 0 Å².